The monoisotopic (exact) mass is 397 g/mol. The molecule has 0 aliphatic carbocycles. The lowest BCUT2D eigenvalue weighted by Gasteiger charge is -2.16. The van der Waals surface area contributed by atoms with E-state index >= 15 is 0 Å². The van der Waals surface area contributed by atoms with Crippen molar-refractivity contribution in [3.05, 3.63) is 65.4 Å². The second-order valence-electron chi connectivity index (χ2n) is 7.09. The summed E-state index contributed by atoms with van der Waals surface area (Å²) in [5.74, 6) is -0.326. The molecule has 4 N–H and O–H groups in total. The fourth-order valence-electron chi connectivity index (χ4n) is 2.92. The Bertz CT molecular complexity index is 1000. The van der Waals surface area contributed by atoms with Gasteiger partial charge in [-0.3, -0.25) is 4.79 Å². The van der Waals surface area contributed by atoms with Crippen molar-refractivity contribution in [1.82, 2.24) is 20.3 Å². The van der Waals surface area contributed by atoms with Crippen molar-refractivity contribution < 1.29 is 14.3 Å². The molecular weight excluding hydrogens is 373 g/mol. The predicted molar refractivity (Wildman–Crippen MR) is 109 cm³/mol. The van der Waals surface area contributed by atoms with Crippen LogP contribution in [0.1, 0.15) is 41.5 Å². The summed E-state index contributed by atoms with van der Waals surface area (Å²) < 4.78 is 13.4. The van der Waals surface area contributed by atoms with E-state index < -0.39 is 17.8 Å². The van der Waals surface area contributed by atoms with Gasteiger partial charge in [0.2, 0.25) is 5.95 Å². The van der Waals surface area contributed by atoms with Crippen LogP contribution in [0, 0.1) is 12.7 Å². The number of aromatic nitrogens is 3. The van der Waals surface area contributed by atoms with Crippen LogP contribution in [0.2, 0.25) is 0 Å². The number of anilines is 1. The average molecular weight is 397 g/mol. The number of hydrogen-bond donors (Lipinski definition) is 4. The number of rotatable bonds is 7. The Labute approximate surface area is 168 Å². The molecule has 0 aliphatic heterocycles. The number of carbonyl (C=O) groups is 1. The van der Waals surface area contributed by atoms with Gasteiger partial charge in [-0.05, 0) is 50.1 Å². The highest BCUT2D eigenvalue weighted by atomic mass is 19.1. The van der Waals surface area contributed by atoms with Crippen molar-refractivity contribution in [3.8, 4) is 11.3 Å². The quantitative estimate of drug-likeness (QED) is 0.490. The summed E-state index contributed by atoms with van der Waals surface area (Å²) in [5, 5.41) is 15.5. The van der Waals surface area contributed by atoms with Gasteiger partial charge in [-0.15, -0.1) is 0 Å². The van der Waals surface area contributed by atoms with Crippen LogP contribution in [0.5, 0.6) is 0 Å². The lowest BCUT2D eigenvalue weighted by atomic mass is 10.1. The number of aliphatic hydroxyl groups excluding tert-OH is 1. The smallest absolute Gasteiger partial charge is 0.268 e. The van der Waals surface area contributed by atoms with Gasteiger partial charge in [-0.2, -0.15) is 0 Å². The molecule has 1 atom stereocenters. The van der Waals surface area contributed by atoms with Crippen LogP contribution < -0.4 is 10.6 Å². The van der Waals surface area contributed by atoms with Crippen molar-refractivity contribution in [2.75, 3.05) is 11.9 Å². The lowest BCUT2D eigenvalue weighted by molar-refractivity contribution is 0.0911. The van der Waals surface area contributed by atoms with Crippen LogP contribution in [0.15, 0.2) is 42.7 Å². The van der Waals surface area contributed by atoms with Crippen LogP contribution in [0.25, 0.3) is 11.3 Å². The number of nitrogens with zero attached hydrogens (tertiary/aromatic N) is 2. The maximum Gasteiger partial charge on any atom is 0.268 e. The highest BCUT2D eigenvalue weighted by molar-refractivity contribution is 5.94. The predicted octanol–water partition coefficient (Wildman–Crippen LogP) is 3.20. The maximum absolute atomic E-state index is 13.4. The molecule has 0 bridgehead atoms. The Morgan fingerprint density at radius 1 is 1.31 bits per heavy atom. The molecule has 0 saturated heterocycles. The van der Waals surface area contributed by atoms with E-state index in [1.807, 2.05) is 20.8 Å². The van der Waals surface area contributed by atoms with Crippen LogP contribution in [0.4, 0.5) is 10.3 Å². The van der Waals surface area contributed by atoms with Crippen molar-refractivity contribution in [3.63, 3.8) is 0 Å². The Hall–Kier alpha value is -3.26. The minimum Gasteiger partial charge on any atom is -0.394 e. The molecule has 8 heteroatoms. The summed E-state index contributed by atoms with van der Waals surface area (Å²) in [7, 11) is 0. The molecule has 0 unspecified atom stereocenters. The molecule has 29 heavy (non-hydrogen) atoms. The first-order valence-corrected chi connectivity index (χ1v) is 9.33. The Kier molecular flexibility index (Phi) is 6.23. The molecule has 0 spiro atoms. The summed E-state index contributed by atoms with van der Waals surface area (Å²) >= 11 is 0. The largest absolute Gasteiger partial charge is 0.394 e. The van der Waals surface area contributed by atoms with Crippen molar-refractivity contribution in [2.45, 2.75) is 32.9 Å². The first kappa shape index (κ1) is 20.5. The second-order valence-corrected chi connectivity index (χ2v) is 7.09. The van der Waals surface area contributed by atoms with Gasteiger partial charge in [-0.1, -0.05) is 12.1 Å². The van der Waals surface area contributed by atoms with E-state index in [9.17, 15) is 14.3 Å². The van der Waals surface area contributed by atoms with Crippen molar-refractivity contribution >= 4 is 11.9 Å². The third-order valence-electron chi connectivity index (χ3n) is 4.33. The van der Waals surface area contributed by atoms with Gasteiger partial charge in [0.25, 0.3) is 5.91 Å². The van der Waals surface area contributed by atoms with Gasteiger partial charge in [0.1, 0.15) is 11.5 Å². The molecule has 7 nitrogen and oxygen atoms in total. The number of H-pyrrole nitrogens is 1. The molecule has 152 valence electrons. The zero-order valence-electron chi connectivity index (χ0n) is 16.5. The zero-order chi connectivity index (χ0) is 21.0. The number of benzene rings is 1. The van der Waals surface area contributed by atoms with E-state index in [1.165, 1.54) is 18.2 Å². The standard InChI is InChI=1S/C21H24FN5O2/c1-12(2)25-21-24-9-13(3)19(27-21)15-8-17(23-10-15)20(29)26-18(11-28)14-5-4-6-16(22)7-14/h4-10,12,18,23,28H,11H2,1-3H3,(H,26,29)(H,24,25,27)/t18-/m1/s1. The molecule has 1 amide bonds. The molecule has 1 aromatic carbocycles. The number of carbonyl (C=O) groups excluding carboxylic acids is 1. The fourth-order valence-corrected chi connectivity index (χ4v) is 2.92. The van der Waals surface area contributed by atoms with Gasteiger partial charge in [0, 0.05) is 24.0 Å². The van der Waals surface area contributed by atoms with E-state index in [1.54, 1.807) is 24.5 Å². The third kappa shape index (κ3) is 4.97. The van der Waals surface area contributed by atoms with E-state index in [0.29, 0.717) is 22.9 Å². The van der Waals surface area contributed by atoms with Gasteiger partial charge >= 0.3 is 0 Å². The Morgan fingerprint density at radius 2 is 2.10 bits per heavy atom. The third-order valence-corrected chi connectivity index (χ3v) is 4.33. The number of hydrogen-bond acceptors (Lipinski definition) is 5. The van der Waals surface area contributed by atoms with Gasteiger partial charge in [0.05, 0.1) is 18.3 Å². The molecule has 3 rings (SSSR count). The van der Waals surface area contributed by atoms with Gasteiger partial charge in [0.15, 0.2) is 0 Å². The molecule has 3 aromatic rings. The van der Waals surface area contributed by atoms with Crippen LogP contribution in [-0.4, -0.2) is 38.6 Å². The normalized spacial score (nSPS) is 12.1. The van der Waals surface area contributed by atoms with Crippen LogP contribution in [-0.2, 0) is 0 Å². The number of halogens is 1. The van der Waals surface area contributed by atoms with E-state index in [2.05, 4.69) is 25.6 Å². The molecule has 2 aromatic heterocycles. The summed E-state index contributed by atoms with van der Waals surface area (Å²) in [4.78, 5) is 24.4. The fraction of sp³-hybridized carbons (Fsp3) is 0.286. The first-order chi connectivity index (χ1) is 13.9. The van der Waals surface area contributed by atoms with Gasteiger partial charge < -0.3 is 20.7 Å². The number of aryl methyl sites for hydroxylation is 1. The van der Waals surface area contributed by atoms with Gasteiger partial charge in [-0.25, -0.2) is 14.4 Å². The number of aromatic amines is 1. The highest BCUT2D eigenvalue weighted by Gasteiger charge is 2.18. The molecule has 0 fully saturated rings. The first-order valence-electron chi connectivity index (χ1n) is 9.33. The highest BCUT2D eigenvalue weighted by Crippen LogP contribution is 2.23. The summed E-state index contributed by atoms with van der Waals surface area (Å²) in [6, 6.07) is 6.94. The molecule has 2 heterocycles. The summed E-state index contributed by atoms with van der Waals surface area (Å²) in [5.41, 5.74) is 3.13. The SMILES string of the molecule is Cc1cnc(NC(C)C)nc1-c1c[nH]c(C(=O)N[C@H](CO)c2cccc(F)c2)c1. The molecule has 0 saturated carbocycles. The lowest BCUT2D eigenvalue weighted by Crippen LogP contribution is -2.31. The summed E-state index contributed by atoms with van der Waals surface area (Å²) in [6.45, 7) is 5.54. The van der Waals surface area contributed by atoms with Crippen LogP contribution in [0.3, 0.4) is 0 Å². The molecular formula is C21H24FN5O2. The number of aliphatic hydroxyl groups is 1. The van der Waals surface area contributed by atoms with E-state index in [4.69, 9.17) is 0 Å². The average Bonchev–Trinajstić information content (AvgIpc) is 3.17. The van der Waals surface area contributed by atoms with E-state index in [0.717, 1.165) is 11.1 Å². The summed E-state index contributed by atoms with van der Waals surface area (Å²) in [6.07, 6.45) is 3.42. The number of nitrogens with one attached hydrogen (secondary N) is 3. The second kappa shape index (κ2) is 8.83. The molecule has 0 aliphatic rings. The Morgan fingerprint density at radius 3 is 2.79 bits per heavy atom. The van der Waals surface area contributed by atoms with E-state index in [-0.39, 0.29) is 12.6 Å². The topological polar surface area (TPSA) is 103 Å². The maximum atomic E-state index is 13.4. The zero-order valence-corrected chi connectivity index (χ0v) is 16.5. The van der Waals surface area contributed by atoms with Crippen molar-refractivity contribution in [2.24, 2.45) is 0 Å². The minimum absolute atomic E-state index is 0.191. The molecule has 0 radical (unpaired) electrons. The van der Waals surface area contributed by atoms with Crippen LogP contribution >= 0.6 is 0 Å². The van der Waals surface area contributed by atoms with Crippen molar-refractivity contribution in [1.29, 1.82) is 0 Å². The number of amides is 1. The minimum atomic E-state index is -0.715. The Balaban J connectivity index is 1.79.